The summed E-state index contributed by atoms with van der Waals surface area (Å²) in [6.07, 6.45) is 0.0455. The van der Waals surface area contributed by atoms with Gasteiger partial charge in [-0.05, 0) is 41.5 Å². The van der Waals surface area contributed by atoms with Crippen LogP contribution in [0.1, 0.15) is 31.1 Å². The standard InChI is InChI=1S/C22H24O7/c1-10-5-12-6-14-19(28-8-26-14)21(24-3)16(12)17-13(18(23)11(10)2)7-15-20(22(17)25-4)29-9-27-15/h6-7,10-11,18,23H,5,8-9H2,1-4H3/t10-,11+,18+/m1/s1. The summed E-state index contributed by atoms with van der Waals surface area (Å²) in [5.74, 6) is 3.67. The molecule has 0 spiro atoms. The first-order valence-electron chi connectivity index (χ1n) is 9.73. The summed E-state index contributed by atoms with van der Waals surface area (Å²) in [6, 6.07) is 3.86. The SMILES string of the molecule is COc1c2c(cc3c1-c1c(cc4c(c1OC)OCO4)[C@@H](O)[C@@H](C)[C@H](C)C3)OCO2. The highest BCUT2D eigenvalue weighted by Crippen LogP contribution is 2.58. The van der Waals surface area contributed by atoms with E-state index < -0.39 is 6.10 Å². The Kier molecular flexibility index (Phi) is 4.17. The Morgan fingerprint density at radius 2 is 1.45 bits per heavy atom. The van der Waals surface area contributed by atoms with E-state index >= 15 is 0 Å². The monoisotopic (exact) mass is 400 g/mol. The zero-order chi connectivity index (χ0) is 20.3. The molecule has 7 heteroatoms. The third-order valence-corrected chi connectivity index (χ3v) is 6.27. The molecule has 29 heavy (non-hydrogen) atoms. The van der Waals surface area contributed by atoms with Crippen molar-refractivity contribution in [3.8, 4) is 45.6 Å². The average molecular weight is 400 g/mol. The van der Waals surface area contributed by atoms with Crippen molar-refractivity contribution in [2.24, 2.45) is 11.8 Å². The fraction of sp³-hybridized carbons (Fsp3) is 0.455. The smallest absolute Gasteiger partial charge is 0.231 e. The lowest BCUT2D eigenvalue weighted by atomic mass is 9.76. The van der Waals surface area contributed by atoms with Gasteiger partial charge in [0.2, 0.25) is 25.1 Å². The largest absolute Gasteiger partial charge is 0.492 e. The zero-order valence-electron chi connectivity index (χ0n) is 16.9. The fourth-order valence-electron chi connectivity index (χ4n) is 4.54. The van der Waals surface area contributed by atoms with Crippen molar-refractivity contribution < 1.29 is 33.5 Å². The lowest BCUT2D eigenvalue weighted by molar-refractivity contribution is 0.0864. The first kappa shape index (κ1) is 18.2. The molecule has 2 heterocycles. The second-order valence-corrected chi connectivity index (χ2v) is 7.77. The summed E-state index contributed by atoms with van der Waals surface area (Å²) < 4.78 is 34.3. The maximum atomic E-state index is 11.3. The van der Waals surface area contributed by atoms with Gasteiger partial charge in [-0.3, -0.25) is 0 Å². The van der Waals surface area contributed by atoms with Gasteiger partial charge >= 0.3 is 0 Å². The van der Waals surface area contributed by atoms with Crippen LogP contribution < -0.4 is 28.4 Å². The van der Waals surface area contributed by atoms with Gasteiger partial charge in [-0.25, -0.2) is 0 Å². The van der Waals surface area contributed by atoms with E-state index in [4.69, 9.17) is 28.4 Å². The summed E-state index contributed by atoms with van der Waals surface area (Å²) in [5.41, 5.74) is 3.35. The lowest BCUT2D eigenvalue weighted by Gasteiger charge is -2.32. The summed E-state index contributed by atoms with van der Waals surface area (Å²) in [6.45, 7) is 4.46. The van der Waals surface area contributed by atoms with E-state index in [0.29, 0.717) is 34.5 Å². The molecule has 0 saturated heterocycles. The van der Waals surface area contributed by atoms with Crippen molar-refractivity contribution in [3.05, 3.63) is 23.3 Å². The minimum atomic E-state index is -0.702. The van der Waals surface area contributed by atoms with Gasteiger partial charge in [0.1, 0.15) is 0 Å². The topological polar surface area (TPSA) is 75.6 Å². The number of aliphatic hydroxyl groups excluding tert-OH is 1. The molecule has 2 aromatic rings. The average Bonchev–Trinajstić information content (AvgIpc) is 3.38. The molecule has 0 amide bonds. The van der Waals surface area contributed by atoms with Crippen LogP contribution in [0.5, 0.6) is 34.5 Å². The molecule has 0 bridgehead atoms. The molecule has 5 rings (SSSR count). The van der Waals surface area contributed by atoms with E-state index in [1.807, 2.05) is 12.1 Å². The molecule has 0 radical (unpaired) electrons. The molecule has 0 saturated carbocycles. The Bertz CT molecular complexity index is 984. The van der Waals surface area contributed by atoms with Crippen LogP contribution in [-0.4, -0.2) is 32.9 Å². The van der Waals surface area contributed by atoms with Gasteiger partial charge in [-0.15, -0.1) is 0 Å². The second kappa shape index (κ2) is 6.62. The third kappa shape index (κ3) is 2.53. The normalized spacial score (nSPS) is 23.7. The number of hydrogen-bond acceptors (Lipinski definition) is 7. The molecule has 1 aliphatic carbocycles. The van der Waals surface area contributed by atoms with Gasteiger partial charge < -0.3 is 33.5 Å². The Morgan fingerprint density at radius 1 is 0.862 bits per heavy atom. The second-order valence-electron chi connectivity index (χ2n) is 7.77. The number of hydrogen-bond donors (Lipinski definition) is 1. The van der Waals surface area contributed by atoms with Crippen molar-refractivity contribution in [1.29, 1.82) is 0 Å². The lowest BCUT2D eigenvalue weighted by Crippen LogP contribution is -2.22. The van der Waals surface area contributed by atoms with Gasteiger partial charge in [-0.2, -0.15) is 0 Å². The first-order chi connectivity index (χ1) is 14.0. The molecule has 3 aliphatic rings. The van der Waals surface area contributed by atoms with Gasteiger partial charge in [0.25, 0.3) is 0 Å². The highest BCUT2D eigenvalue weighted by molar-refractivity contribution is 5.89. The van der Waals surface area contributed by atoms with E-state index in [9.17, 15) is 5.11 Å². The molecule has 1 N–H and O–H groups in total. The van der Waals surface area contributed by atoms with Crippen molar-refractivity contribution in [2.75, 3.05) is 27.8 Å². The van der Waals surface area contributed by atoms with Crippen molar-refractivity contribution in [1.82, 2.24) is 0 Å². The number of benzene rings is 2. The minimum absolute atomic E-state index is 0.0170. The van der Waals surface area contributed by atoms with Gasteiger partial charge in [0.15, 0.2) is 23.0 Å². The van der Waals surface area contributed by atoms with Crippen LogP contribution in [0.25, 0.3) is 11.1 Å². The molecule has 2 aliphatic heterocycles. The number of rotatable bonds is 2. The van der Waals surface area contributed by atoms with Gasteiger partial charge in [0.05, 0.1) is 20.3 Å². The summed E-state index contributed by atoms with van der Waals surface area (Å²) in [4.78, 5) is 0. The summed E-state index contributed by atoms with van der Waals surface area (Å²) in [5, 5.41) is 11.3. The third-order valence-electron chi connectivity index (χ3n) is 6.27. The van der Waals surface area contributed by atoms with Crippen LogP contribution in [0.2, 0.25) is 0 Å². The number of aliphatic hydroxyl groups is 1. The van der Waals surface area contributed by atoms with E-state index in [2.05, 4.69) is 13.8 Å². The van der Waals surface area contributed by atoms with Crippen molar-refractivity contribution >= 4 is 0 Å². The summed E-state index contributed by atoms with van der Waals surface area (Å²) in [7, 11) is 3.20. The highest BCUT2D eigenvalue weighted by atomic mass is 16.7. The van der Waals surface area contributed by atoms with E-state index in [0.717, 1.165) is 28.7 Å². The Labute approximate surface area is 169 Å². The Morgan fingerprint density at radius 3 is 2.07 bits per heavy atom. The molecule has 7 nitrogen and oxygen atoms in total. The van der Waals surface area contributed by atoms with E-state index in [1.165, 1.54) is 0 Å². The molecule has 3 atom stereocenters. The molecule has 2 aromatic carbocycles. The van der Waals surface area contributed by atoms with Crippen LogP contribution in [-0.2, 0) is 6.42 Å². The van der Waals surface area contributed by atoms with Crippen LogP contribution in [0, 0.1) is 11.8 Å². The predicted molar refractivity (Wildman–Crippen MR) is 104 cm³/mol. The van der Waals surface area contributed by atoms with Crippen LogP contribution in [0.3, 0.4) is 0 Å². The van der Waals surface area contributed by atoms with Crippen molar-refractivity contribution in [3.63, 3.8) is 0 Å². The molecule has 0 fully saturated rings. The predicted octanol–water partition coefficient (Wildman–Crippen LogP) is 3.69. The molecule has 154 valence electrons. The van der Waals surface area contributed by atoms with Crippen LogP contribution >= 0.6 is 0 Å². The van der Waals surface area contributed by atoms with Crippen LogP contribution in [0.15, 0.2) is 12.1 Å². The maximum absolute atomic E-state index is 11.3. The first-order valence-corrected chi connectivity index (χ1v) is 9.73. The van der Waals surface area contributed by atoms with Crippen LogP contribution in [0.4, 0.5) is 0 Å². The quantitative estimate of drug-likeness (QED) is 0.824. The molecular weight excluding hydrogens is 376 g/mol. The summed E-state index contributed by atoms with van der Waals surface area (Å²) >= 11 is 0. The fourth-order valence-corrected chi connectivity index (χ4v) is 4.54. The molecule has 0 unspecified atom stereocenters. The maximum Gasteiger partial charge on any atom is 0.231 e. The molecule has 0 aromatic heterocycles. The number of ether oxygens (including phenoxy) is 6. The Balaban J connectivity index is 1.90. The van der Waals surface area contributed by atoms with E-state index in [-0.39, 0.29) is 25.4 Å². The highest BCUT2D eigenvalue weighted by Gasteiger charge is 2.38. The number of methoxy groups -OCH3 is 2. The van der Waals surface area contributed by atoms with E-state index in [1.54, 1.807) is 14.2 Å². The minimum Gasteiger partial charge on any atom is -0.492 e. The Hall–Kier alpha value is -2.80. The van der Waals surface area contributed by atoms with Gasteiger partial charge in [0, 0.05) is 11.1 Å². The zero-order valence-corrected chi connectivity index (χ0v) is 16.9. The van der Waals surface area contributed by atoms with Gasteiger partial charge in [-0.1, -0.05) is 13.8 Å². The number of fused-ring (bicyclic) bond motifs is 5. The molecular formula is C22H24O7. The van der Waals surface area contributed by atoms with Crippen molar-refractivity contribution in [2.45, 2.75) is 26.4 Å².